The highest BCUT2D eigenvalue weighted by atomic mass is 32.2. The van der Waals surface area contributed by atoms with Crippen molar-refractivity contribution in [3.63, 3.8) is 0 Å². The summed E-state index contributed by atoms with van der Waals surface area (Å²) in [6.07, 6.45) is 3.37. The standard InChI is InChI=1S/C20H24N4O4S/c1-3-28-19(26)16-10-22-20(23-18(16)21)29-12-17(25)24(14-6-7-14)11-13-4-8-15(27-2)9-5-13/h4-5,8-10,14H,3,6-7,11-12H2,1-2H3,(H2,21,22,23). The number of methoxy groups -OCH3 is 1. The summed E-state index contributed by atoms with van der Waals surface area (Å²) in [4.78, 5) is 34.7. The SMILES string of the molecule is CCOC(=O)c1cnc(SCC(=O)N(Cc2ccc(OC)cc2)C2CC2)nc1N. The number of carbonyl (C=O) groups excluding carboxylic acids is 2. The van der Waals surface area contributed by atoms with Crippen molar-refractivity contribution < 1.29 is 19.1 Å². The molecule has 1 aliphatic carbocycles. The number of nitrogens with zero attached hydrogens (tertiary/aromatic N) is 3. The first-order valence-corrected chi connectivity index (χ1v) is 10.3. The van der Waals surface area contributed by atoms with Gasteiger partial charge < -0.3 is 20.1 Å². The van der Waals surface area contributed by atoms with Crippen LogP contribution in [0.15, 0.2) is 35.6 Å². The molecule has 0 bridgehead atoms. The lowest BCUT2D eigenvalue weighted by atomic mass is 10.2. The minimum atomic E-state index is -0.558. The van der Waals surface area contributed by atoms with Crippen LogP contribution in [0.1, 0.15) is 35.7 Å². The van der Waals surface area contributed by atoms with E-state index >= 15 is 0 Å². The molecule has 1 fully saturated rings. The van der Waals surface area contributed by atoms with Crippen molar-refractivity contribution in [2.24, 2.45) is 0 Å². The minimum absolute atomic E-state index is 0.0185. The fraction of sp³-hybridized carbons (Fsp3) is 0.400. The summed E-state index contributed by atoms with van der Waals surface area (Å²) >= 11 is 1.20. The minimum Gasteiger partial charge on any atom is -0.497 e. The van der Waals surface area contributed by atoms with Crippen LogP contribution in [0.25, 0.3) is 0 Å². The van der Waals surface area contributed by atoms with E-state index in [4.69, 9.17) is 15.2 Å². The summed E-state index contributed by atoms with van der Waals surface area (Å²) in [6, 6.07) is 7.99. The number of nitrogen functional groups attached to an aromatic ring is 1. The number of ether oxygens (including phenoxy) is 2. The van der Waals surface area contributed by atoms with Gasteiger partial charge in [-0.3, -0.25) is 4.79 Å². The Bertz CT molecular complexity index is 871. The number of esters is 1. The predicted molar refractivity (Wildman–Crippen MR) is 110 cm³/mol. The number of rotatable bonds is 9. The molecule has 0 unspecified atom stereocenters. The molecule has 154 valence electrons. The molecule has 8 nitrogen and oxygen atoms in total. The summed E-state index contributed by atoms with van der Waals surface area (Å²) in [7, 11) is 1.63. The number of thioether (sulfide) groups is 1. The Labute approximate surface area is 173 Å². The van der Waals surface area contributed by atoms with Crippen LogP contribution in [-0.2, 0) is 16.1 Å². The van der Waals surface area contributed by atoms with E-state index < -0.39 is 5.97 Å². The van der Waals surface area contributed by atoms with E-state index in [9.17, 15) is 9.59 Å². The van der Waals surface area contributed by atoms with Crippen LogP contribution in [0.2, 0.25) is 0 Å². The summed E-state index contributed by atoms with van der Waals surface area (Å²) in [6.45, 7) is 2.51. The first kappa shape index (κ1) is 20.9. The fourth-order valence-electron chi connectivity index (χ4n) is 2.76. The maximum Gasteiger partial charge on any atom is 0.343 e. The van der Waals surface area contributed by atoms with Gasteiger partial charge in [0.1, 0.15) is 17.1 Å². The Morgan fingerprint density at radius 2 is 2.00 bits per heavy atom. The smallest absolute Gasteiger partial charge is 0.343 e. The second-order valence-corrected chi connectivity index (χ2v) is 7.50. The molecule has 29 heavy (non-hydrogen) atoms. The molecule has 1 aromatic carbocycles. The summed E-state index contributed by atoms with van der Waals surface area (Å²) < 4.78 is 10.1. The largest absolute Gasteiger partial charge is 0.497 e. The lowest BCUT2D eigenvalue weighted by Crippen LogP contribution is -2.34. The Morgan fingerprint density at radius 3 is 2.59 bits per heavy atom. The molecule has 9 heteroatoms. The van der Waals surface area contributed by atoms with Crippen LogP contribution in [-0.4, -0.2) is 52.3 Å². The second kappa shape index (κ2) is 9.60. The molecular weight excluding hydrogens is 392 g/mol. The third-order valence-electron chi connectivity index (χ3n) is 4.44. The maximum atomic E-state index is 12.8. The Balaban J connectivity index is 1.60. The van der Waals surface area contributed by atoms with Gasteiger partial charge in [0.2, 0.25) is 5.91 Å². The molecule has 2 N–H and O–H groups in total. The molecule has 0 saturated heterocycles. The van der Waals surface area contributed by atoms with Crippen LogP contribution < -0.4 is 10.5 Å². The number of carbonyl (C=O) groups is 2. The Morgan fingerprint density at radius 1 is 1.28 bits per heavy atom. The Kier molecular flexibility index (Phi) is 6.92. The van der Waals surface area contributed by atoms with E-state index in [-0.39, 0.29) is 35.7 Å². The number of anilines is 1. The predicted octanol–water partition coefficient (Wildman–Crippen LogP) is 2.53. The first-order valence-electron chi connectivity index (χ1n) is 9.36. The Hall–Kier alpha value is -2.81. The van der Waals surface area contributed by atoms with Gasteiger partial charge in [-0.15, -0.1) is 0 Å². The monoisotopic (exact) mass is 416 g/mol. The van der Waals surface area contributed by atoms with Gasteiger partial charge in [0.25, 0.3) is 0 Å². The summed E-state index contributed by atoms with van der Waals surface area (Å²) in [5.41, 5.74) is 7.01. The number of hydrogen-bond donors (Lipinski definition) is 1. The molecule has 0 spiro atoms. The van der Waals surface area contributed by atoms with E-state index in [1.165, 1.54) is 18.0 Å². The molecule has 1 aromatic heterocycles. The van der Waals surface area contributed by atoms with E-state index in [1.807, 2.05) is 29.2 Å². The zero-order chi connectivity index (χ0) is 20.8. The van der Waals surface area contributed by atoms with E-state index in [0.717, 1.165) is 24.2 Å². The second-order valence-electron chi connectivity index (χ2n) is 6.56. The molecular formula is C20H24N4O4S. The molecule has 0 atom stereocenters. The van der Waals surface area contributed by atoms with E-state index in [1.54, 1.807) is 14.0 Å². The third kappa shape index (κ3) is 5.60. The topological polar surface area (TPSA) is 108 Å². The van der Waals surface area contributed by atoms with Crippen LogP contribution in [0.5, 0.6) is 5.75 Å². The fourth-order valence-corrected chi connectivity index (χ4v) is 3.47. The third-order valence-corrected chi connectivity index (χ3v) is 5.28. The molecule has 1 heterocycles. The van der Waals surface area contributed by atoms with Gasteiger partial charge in [-0.25, -0.2) is 14.8 Å². The molecule has 0 aliphatic heterocycles. The average Bonchev–Trinajstić information content (AvgIpc) is 3.56. The van der Waals surface area contributed by atoms with Crippen molar-refractivity contribution in [1.82, 2.24) is 14.9 Å². The number of benzene rings is 1. The number of aromatic nitrogens is 2. The van der Waals surface area contributed by atoms with Crippen LogP contribution in [0.3, 0.4) is 0 Å². The van der Waals surface area contributed by atoms with Crippen LogP contribution in [0, 0.1) is 0 Å². The van der Waals surface area contributed by atoms with Gasteiger partial charge in [-0.2, -0.15) is 0 Å². The zero-order valence-corrected chi connectivity index (χ0v) is 17.3. The average molecular weight is 417 g/mol. The van der Waals surface area contributed by atoms with Gasteiger partial charge in [-0.1, -0.05) is 23.9 Å². The van der Waals surface area contributed by atoms with Crippen molar-refractivity contribution >= 4 is 29.5 Å². The number of hydrogen-bond acceptors (Lipinski definition) is 8. The quantitative estimate of drug-likeness (QED) is 0.377. The van der Waals surface area contributed by atoms with Crippen molar-refractivity contribution in [3.05, 3.63) is 41.6 Å². The van der Waals surface area contributed by atoms with Crippen molar-refractivity contribution in [2.75, 3.05) is 25.2 Å². The van der Waals surface area contributed by atoms with Gasteiger partial charge in [0.15, 0.2) is 5.16 Å². The van der Waals surface area contributed by atoms with Gasteiger partial charge in [0.05, 0.1) is 19.5 Å². The van der Waals surface area contributed by atoms with Crippen molar-refractivity contribution in [3.8, 4) is 5.75 Å². The highest BCUT2D eigenvalue weighted by Crippen LogP contribution is 2.30. The molecule has 3 rings (SSSR count). The number of nitrogens with two attached hydrogens (primary N) is 1. The summed E-state index contributed by atoms with van der Waals surface area (Å²) in [5, 5.41) is 0.351. The van der Waals surface area contributed by atoms with E-state index in [0.29, 0.717) is 11.7 Å². The van der Waals surface area contributed by atoms with Gasteiger partial charge >= 0.3 is 5.97 Å². The molecule has 2 aromatic rings. The molecule has 0 radical (unpaired) electrons. The molecule has 1 saturated carbocycles. The normalized spacial score (nSPS) is 13.0. The highest BCUT2D eigenvalue weighted by molar-refractivity contribution is 7.99. The van der Waals surface area contributed by atoms with Gasteiger partial charge in [0, 0.05) is 18.8 Å². The lowest BCUT2D eigenvalue weighted by Gasteiger charge is -2.22. The van der Waals surface area contributed by atoms with Crippen LogP contribution in [0.4, 0.5) is 5.82 Å². The lowest BCUT2D eigenvalue weighted by molar-refractivity contribution is -0.129. The zero-order valence-electron chi connectivity index (χ0n) is 16.5. The summed E-state index contributed by atoms with van der Waals surface area (Å²) in [5.74, 6) is 0.493. The maximum absolute atomic E-state index is 12.8. The van der Waals surface area contributed by atoms with Gasteiger partial charge in [-0.05, 0) is 37.5 Å². The molecule has 1 aliphatic rings. The number of amides is 1. The first-order chi connectivity index (χ1) is 14.0. The van der Waals surface area contributed by atoms with Crippen LogP contribution >= 0.6 is 11.8 Å². The van der Waals surface area contributed by atoms with E-state index in [2.05, 4.69) is 9.97 Å². The van der Waals surface area contributed by atoms with Crippen molar-refractivity contribution in [1.29, 1.82) is 0 Å². The highest BCUT2D eigenvalue weighted by Gasteiger charge is 2.32. The van der Waals surface area contributed by atoms with Crippen molar-refractivity contribution in [2.45, 2.75) is 37.5 Å². The molecule has 1 amide bonds.